The highest BCUT2D eigenvalue weighted by Gasteiger charge is 2.11. The molecule has 0 saturated carbocycles. The molecule has 1 heterocycles. The fourth-order valence-corrected chi connectivity index (χ4v) is 1.27. The van der Waals surface area contributed by atoms with Crippen LogP contribution in [0.1, 0.15) is 23.9 Å². The van der Waals surface area contributed by atoms with E-state index in [2.05, 4.69) is 10.5 Å². The molecule has 1 unspecified atom stereocenters. The topological polar surface area (TPSA) is 81.2 Å². The molecule has 1 rings (SSSR count). The Bertz CT molecular complexity index is 327. The Balaban J connectivity index is 2.41. The second-order valence-electron chi connectivity index (χ2n) is 3.74. The van der Waals surface area contributed by atoms with Gasteiger partial charge in [0.2, 0.25) is 5.91 Å². The van der Waals surface area contributed by atoms with Crippen LogP contribution in [0.15, 0.2) is 4.52 Å². The lowest BCUT2D eigenvalue weighted by Crippen LogP contribution is -2.30. The quantitative estimate of drug-likeness (QED) is 0.743. The molecule has 0 spiro atoms. The summed E-state index contributed by atoms with van der Waals surface area (Å²) in [4.78, 5) is 10.8. The van der Waals surface area contributed by atoms with Gasteiger partial charge in [-0.3, -0.25) is 4.79 Å². The number of hydrogen-bond donors (Lipinski definition) is 2. The minimum atomic E-state index is -0.290. The number of nitrogens with two attached hydrogens (primary N) is 1. The highest BCUT2D eigenvalue weighted by atomic mass is 16.5. The molecule has 1 atom stereocenters. The van der Waals surface area contributed by atoms with Gasteiger partial charge in [0.05, 0.1) is 5.69 Å². The number of aryl methyl sites for hydroxylation is 2. The van der Waals surface area contributed by atoms with Gasteiger partial charge in [-0.2, -0.15) is 0 Å². The zero-order valence-corrected chi connectivity index (χ0v) is 9.33. The van der Waals surface area contributed by atoms with Gasteiger partial charge in [-0.15, -0.1) is 0 Å². The third kappa shape index (κ3) is 3.06. The molecule has 0 saturated heterocycles. The molecule has 5 nitrogen and oxygen atoms in total. The first kappa shape index (κ1) is 11.7. The fraction of sp³-hybridized carbons (Fsp3) is 0.600. The van der Waals surface area contributed by atoms with E-state index in [1.807, 2.05) is 13.8 Å². The van der Waals surface area contributed by atoms with E-state index in [1.54, 1.807) is 6.92 Å². The van der Waals surface area contributed by atoms with Gasteiger partial charge < -0.3 is 15.6 Å². The molecule has 0 aromatic carbocycles. The van der Waals surface area contributed by atoms with Crippen LogP contribution in [0.5, 0.6) is 0 Å². The summed E-state index contributed by atoms with van der Waals surface area (Å²) < 4.78 is 5.02. The first-order chi connectivity index (χ1) is 7.02. The molecule has 0 radical (unpaired) electrons. The molecule has 0 fully saturated rings. The van der Waals surface area contributed by atoms with Gasteiger partial charge in [-0.05, 0) is 13.8 Å². The Hall–Kier alpha value is -1.36. The zero-order valence-electron chi connectivity index (χ0n) is 9.33. The van der Waals surface area contributed by atoms with Crippen molar-refractivity contribution in [2.45, 2.75) is 27.3 Å². The maximum Gasteiger partial charge on any atom is 0.221 e. The lowest BCUT2D eigenvalue weighted by Gasteiger charge is -2.08. The monoisotopic (exact) mass is 211 g/mol. The van der Waals surface area contributed by atoms with Crippen LogP contribution >= 0.6 is 0 Å². The van der Waals surface area contributed by atoms with Gasteiger partial charge in [0, 0.05) is 24.6 Å². The molecular weight excluding hydrogens is 194 g/mol. The molecule has 0 aliphatic heterocycles. The standard InChI is InChI=1S/C10H17N3O2/c1-6(10(11)14)4-12-5-9-7(2)13-15-8(9)3/h6,12H,4-5H2,1-3H3,(H2,11,14). The first-order valence-corrected chi connectivity index (χ1v) is 4.94. The van der Waals surface area contributed by atoms with Crippen LogP contribution in [-0.4, -0.2) is 17.6 Å². The van der Waals surface area contributed by atoms with Crippen LogP contribution in [-0.2, 0) is 11.3 Å². The molecule has 84 valence electrons. The minimum absolute atomic E-state index is 0.162. The van der Waals surface area contributed by atoms with E-state index in [9.17, 15) is 4.79 Å². The summed E-state index contributed by atoms with van der Waals surface area (Å²) in [5.74, 6) is 0.360. The average Bonchev–Trinajstić information content (AvgIpc) is 2.48. The number of carbonyl (C=O) groups excluding carboxylic acids is 1. The summed E-state index contributed by atoms with van der Waals surface area (Å²) in [6.07, 6.45) is 0. The fourth-order valence-electron chi connectivity index (χ4n) is 1.27. The van der Waals surface area contributed by atoms with Gasteiger partial charge in [0.15, 0.2) is 0 Å². The average molecular weight is 211 g/mol. The molecule has 1 aromatic heterocycles. The van der Waals surface area contributed by atoms with E-state index in [0.717, 1.165) is 17.0 Å². The van der Waals surface area contributed by atoms with E-state index in [-0.39, 0.29) is 11.8 Å². The van der Waals surface area contributed by atoms with Crippen LogP contribution < -0.4 is 11.1 Å². The van der Waals surface area contributed by atoms with E-state index < -0.39 is 0 Å². The molecule has 0 bridgehead atoms. The Labute approximate surface area is 89.0 Å². The number of nitrogens with zero attached hydrogens (tertiary/aromatic N) is 1. The molecule has 0 aliphatic rings. The van der Waals surface area contributed by atoms with Crippen LogP contribution in [0.3, 0.4) is 0 Å². The Morgan fingerprint density at radius 2 is 2.27 bits per heavy atom. The summed E-state index contributed by atoms with van der Waals surface area (Å²) in [5, 5.41) is 6.99. The Morgan fingerprint density at radius 1 is 1.60 bits per heavy atom. The molecule has 1 aromatic rings. The van der Waals surface area contributed by atoms with Crippen molar-refractivity contribution >= 4 is 5.91 Å². The number of aromatic nitrogens is 1. The number of amides is 1. The summed E-state index contributed by atoms with van der Waals surface area (Å²) >= 11 is 0. The van der Waals surface area contributed by atoms with Gasteiger partial charge in [-0.1, -0.05) is 12.1 Å². The normalized spacial score (nSPS) is 12.7. The second-order valence-corrected chi connectivity index (χ2v) is 3.74. The van der Waals surface area contributed by atoms with E-state index in [1.165, 1.54) is 0 Å². The SMILES string of the molecule is Cc1noc(C)c1CNCC(C)C(N)=O. The van der Waals surface area contributed by atoms with Gasteiger partial charge in [0.25, 0.3) is 0 Å². The molecular formula is C10H17N3O2. The first-order valence-electron chi connectivity index (χ1n) is 4.94. The van der Waals surface area contributed by atoms with Crippen molar-refractivity contribution < 1.29 is 9.32 Å². The number of carbonyl (C=O) groups is 1. The summed E-state index contributed by atoms with van der Waals surface area (Å²) in [5.41, 5.74) is 7.07. The molecule has 15 heavy (non-hydrogen) atoms. The number of nitrogens with one attached hydrogen (secondary N) is 1. The van der Waals surface area contributed by atoms with Crippen molar-refractivity contribution in [1.82, 2.24) is 10.5 Å². The highest BCUT2D eigenvalue weighted by Crippen LogP contribution is 2.11. The van der Waals surface area contributed by atoms with Crippen molar-refractivity contribution in [3.63, 3.8) is 0 Å². The van der Waals surface area contributed by atoms with Crippen LogP contribution in [0, 0.1) is 19.8 Å². The molecule has 0 aliphatic carbocycles. The number of primary amides is 1. The zero-order chi connectivity index (χ0) is 11.4. The van der Waals surface area contributed by atoms with Crippen molar-refractivity contribution in [2.24, 2.45) is 11.7 Å². The van der Waals surface area contributed by atoms with Crippen molar-refractivity contribution in [1.29, 1.82) is 0 Å². The summed E-state index contributed by atoms with van der Waals surface area (Å²) in [7, 11) is 0. The predicted octanol–water partition coefficient (Wildman–Crippen LogP) is 0.502. The lowest BCUT2D eigenvalue weighted by atomic mass is 10.1. The number of rotatable bonds is 5. The van der Waals surface area contributed by atoms with Crippen LogP contribution in [0.25, 0.3) is 0 Å². The maximum absolute atomic E-state index is 10.8. The number of hydrogen-bond acceptors (Lipinski definition) is 4. The van der Waals surface area contributed by atoms with Crippen molar-refractivity contribution in [3.8, 4) is 0 Å². The Morgan fingerprint density at radius 3 is 2.73 bits per heavy atom. The van der Waals surface area contributed by atoms with Gasteiger partial charge in [0.1, 0.15) is 5.76 Å². The third-order valence-corrected chi connectivity index (χ3v) is 2.42. The van der Waals surface area contributed by atoms with E-state index >= 15 is 0 Å². The van der Waals surface area contributed by atoms with Crippen LogP contribution in [0.4, 0.5) is 0 Å². The molecule has 3 N–H and O–H groups in total. The third-order valence-electron chi connectivity index (χ3n) is 2.42. The summed E-state index contributed by atoms with van der Waals surface area (Å²) in [6.45, 7) is 6.78. The van der Waals surface area contributed by atoms with Crippen LogP contribution in [0.2, 0.25) is 0 Å². The van der Waals surface area contributed by atoms with E-state index in [0.29, 0.717) is 13.1 Å². The van der Waals surface area contributed by atoms with Gasteiger partial charge in [-0.25, -0.2) is 0 Å². The summed E-state index contributed by atoms with van der Waals surface area (Å²) in [6, 6.07) is 0. The second kappa shape index (κ2) is 4.93. The maximum atomic E-state index is 10.8. The van der Waals surface area contributed by atoms with Gasteiger partial charge >= 0.3 is 0 Å². The lowest BCUT2D eigenvalue weighted by molar-refractivity contribution is -0.121. The Kier molecular flexibility index (Phi) is 3.85. The smallest absolute Gasteiger partial charge is 0.221 e. The largest absolute Gasteiger partial charge is 0.369 e. The molecule has 5 heteroatoms. The molecule has 1 amide bonds. The van der Waals surface area contributed by atoms with E-state index in [4.69, 9.17) is 10.3 Å². The van der Waals surface area contributed by atoms with Crippen molar-refractivity contribution in [3.05, 3.63) is 17.0 Å². The highest BCUT2D eigenvalue weighted by molar-refractivity contribution is 5.76. The minimum Gasteiger partial charge on any atom is -0.369 e. The van der Waals surface area contributed by atoms with Crippen molar-refractivity contribution in [2.75, 3.05) is 6.54 Å². The predicted molar refractivity (Wildman–Crippen MR) is 56.0 cm³/mol.